The number of nitrogens with zero attached hydrogens (tertiary/aromatic N) is 2. The van der Waals surface area contributed by atoms with Crippen molar-refractivity contribution in [2.24, 2.45) is 10.9 Å². The van der Waals surface area contributed by atoms with Gasteiger partial charge in [0.15, 0.2) is 11.6 Å². The van der Waals surface area contributed by atoms with Crippen molar-refractivity contribution in [3.63, 3.8) is 0 Å². The highest BCUT2D eigenvalue weighted by atomic mass is 16.6. The van der Waals surface area contributed by atoms with Crippen molar-refractivity contribution in [1.82, 2.24) is 0 Å². The van der Waals surface area contributed by atoms with Crippen LogP contribution in [-0.4, -0.2) is 22.1 Å². The van der Waals surface area contributed by atoms with E-state index in [-0.39, 0.29) is 28.9 Å². The van der Waals surface area contributed by atoms with Crippen LogP contribution in [0.25, 0.3) is 0 Å². The average molecular weight is 265 g/mol. The van der Waals surface area contributed by atoms with Crippen LogP contribution in [0.1, 0.15) is 31.2 Å². The average Bonchev–Trinajstić information content (AvgIpc) is 2.91. The van der Waals surface area contributed by atoms with Gasteiger partial charge in [-0.2, -0.15) is 0 Å². The molecule has 0 amide bonds. The smallest absolute Gasteiger partial charge is 0.311 e. The van der Waals surface area contributed by atoms with Gasteiger partial charge < -0.3 is 15.7 Å². The van der Waals surface area contributed by atoms with Gasteiger partial charge in [0.2, 0.25) is 0 Å². The van der Waals surface area contributed by atoms with Gasteiger partial charge in [0.1, 0.15) is 0 Å². The fraction of sp³-hybridized carbons (Fsp3) is 0.417. The molecule has 19 heavy (non-hydrogen) atoms. The van der Waals surface area contributed by atoms with Crippen molar-refractivity contribution in [2.75, 3.05) is 0 Å². The normalized spacial score (nSPS) is 16.5. The summed E-state index contributed by atoms with van der Waals surface area (Å²) in [6.07, 6.45) is 4.04. The van der Waals surface area contributed by atoms with Gasteiger partial charge in [-0.15, -0.1) is 0 Å². The summed E-state index contributed by atoms with van der Waals surface area (Å²) in [5.41, 5.74) is 5.53. The lowest BCUT2D eigenvalue weighted by Gasteiger charge is -2.13. The number of benzene rings is 1. The van der Waals surface area contributed by atoms with Crippen LogP contribution in [0, 0.1) is 10.1 Å². The van der Waals surface area contributed by atoms with Crippen molar-refractivity contribution >= 4 is 11.5 Å². The Balaban J connectivity index is 2.29. The van der Waals surface area contributed by atoms with Crippen molar-refractivity contribution in [3.8, 4) is 5.75 Å². The number of hydrogen-bond donors (Lipinski definition) is 2. The molecule has 1 aliphatic carbocycles. The number of nitrogens with two attached hydrogens (primary N) is 1. The van der Waals surface area contributed by atoms with Gasteiger partial charge in [0, 0.05) is 11.6 Å². The van der Waals surface area contributed by atoms with E-state index in [4.69, 9.17) is 15.7 Å². The van der Waals surface area contributed by atoms with Crippen LogP contribution in [0.15, 0.2) is 23.4 Å². The lowest BCUT2D eigenvalue weighted by molar-refractivity contribution is -0.386. The van der Waals surface area contributed by atoms with Gasteiger partial charge >= 0.3 is 5.69 Å². The van der Waals surface area contributed by atoms with E-state index in [0.717, 1.165) is 25.7 Å². The topological polar surface area (TPSA) is 111 Å². The second-order valence-corrected chi connectivity index (χ2v) is 4.45. The zero-order chi connectivity index (χ0) is 13.8. The van der Waals surface area contributed by atoms with Crippen LogP contribution in [0.3, 0.4) is 0 Å². The zero-order valence-corrected chi connectivity index (χ0v) is 10.3. The monoisotopic (exact) mass is 265 g/mol. The van der Waals surface area contributed by atoms with E-state index in [2.05, 4.69) is 5.16 Å². The molecule has 102 valence electrons. The molecule has 0 radical (unpaired) electrons. The first-order chi connectivity index (χ1) is 9.11. The summed E-state index contributed by atoms with van der Waals surface area (Å²) < 4.78 is 5.65. The summed E-state index contributed by atoms with van der Waals surface area (Å²) in [6, 6.07) is 4.27. The second-order valence-electron chi connectivity index (χ2n) is 4.45. The largest absolute Gasteiger partial charge is 0.484 e. The first-order valence-electron chi connectivity index (χ1n) is 6.05. The predicted octanol–water partition coefficient (Wildman–Crippen LogP) is 2.01. The van der Waals surface area contributed by atoms with E-state index in [1.165, 1.54) is 18.2 Å². The van der Waals surface area contributed by atoms with E-state index in [0.29, 0.717) is 0 Å². The van der Waals surface area contributed by atoms with Gasteiger partial charge in [-0.05, 0) is 37.8 Å². The van der Waals surface area contributed by atoms with Crippen molar-refractivity contribution in [2.45, 2.75) is 31.8 Å². The van der Waals surface area contributed by atoms with E-state index < -0.39 is 4.92 Å². The van der Waals surface area contributed by atoms with Crippen LogP contribution in [0.5, 0.6) is 5.75 Å². The highest BCUT2D eigenvalue weighted by molar-refractivity contribution is 5.97. The van der Waals surface area contributed by atoms with E-state index >= 15 is 0 Å². The number of nitro groups is 1. The van der Waals surface area contributed by atoms with E-state index in [1.807, 2.05) is 0 Å². The van der Waals surface area contributed by atoms with Gasteiger partial charge in [-0.3, -0.25) is 10.1 Å². The summed E-state index contributed by atoms with van der Waals surface area (Å²) in [6.45, 7) is 0. The molecule has 0 aromatic heterocycles. The van der Waals surface area contributed by atoms with Crippen LogP contribution < -0.4 is 10.5 Å². The van der Waals surface area contributed by atoms with E-state index in [1.54, 1.807) is 0 Å². The van der Waals surface area contributed by atoms with Gasteiger partial charge in [-0.25, -0.2) is 0 Å². The zero-order valence-electron chi connectivity index (χ0n) is 10.3. The molecule has 7 nitrogen and oxygen atoms in total. The molecule has 0 atom stereocenters. The molecule has 7 heteroatoms. The number of rotatable bonds is 4. The van der Waals surface area contributed by atoms with Crippen molar-refractivity contribution < 1.29 is 14.9 Å². The first kappa shape index (κ1) is 13.1. The molecule has 1 saturated carbocycles. The summed E-state index contributed by atoms with van der Waals surface area (Å²) >= 11 is 0. The molecule has 2 rings (SSSR count). The van der Waals surface area contributed by atoms with Gasteiger partial charge in [-0.1, -0.05) is 5.16 Å². The van der Waals surface area contributed by atoms with Crippen LogP contribution >= 0.6 is 0 Å². The maximum Gasteiger partial charge on any atom is 0.311 e. The Kier molecular flexibility index (Phi) is 3.84. The minimum Gasteiger partial charge on any atom is -0.484 e. The molecule has 1 aromatic carbocycles. The highest BCUT2D eigenvalue weighted by Crippen LogP contribution is 2.32. The lowest BCUT2D eigenvalue weighted by Crippen LogP contribution is -2.15. The number of amidine groups is 1. The van der Waals surface area contributed by atoms with Crippen molar-refractivity contribution in [3.05, 3.63) is 33.9 Å². The fourth-order valence-electron chi connectivity index (χ4n) is 2.16. The maximum absolute atomic E-state index is 11.0. The lowest BCUT2D eigenvalue weighted by atomic mass is 10.1. The predicted molar refractivity (Wildman–Crippen MR) is 68.5 cm³/mol. The summed E-state index contributed by atoms with van der Waals surface area (Å²) in [4.78, 5) is 10.5. The van der Waals surface area contributed by atoms with Crippen molar-refractivity contribution in [1.29, 1.82) is 0 Å². The summed E-state index contributed by atoms with van der Waals surface area (Å²) in [5.74, 6) is 0.0573. The molecule has 3 N–H and O–H groups in total. The quantitative estimate of drug-likeness (QED) is 0.284. The number of ether oxygens (including phenoxy) is 1. The summed E-state index contributed by atoms with van der Waals surface area (Å²) in [7, 11) is 0. The number of oxime groups is 1. The fourth-order valence-corrected chi connectivity index (χ4v) is 2.16. The Hall–Kier alpha value is -2.31. The van der Waals surface area contributed by atoms with Gasteiger partial charge in [0.25, 0.3) is 0 Å². The molecule has 1 aromatic rings. The number of nitro benzene ring substituents is 1. The third kappa shape index (κ3) is 2.93. The van der Waals surface area contributed by atoms with Crippen LogP contribution in [0.2, 0.25) is 0 Å². The molecule has 0 aliphatic heterocycles. The SMILES string of the molecule is NC(=NO)c1ccc(OC2CCCC2)c([N+](=O)[O-])c1. The molecule has 1 aliphatic rings. The van der Waals surface area contributed by atoms with Crippen LogP contribution in [0.4, 0.5) is 5.69 Å². The third-order valence-electron chi connectivity index (χ3n) is 3.15. The Labute approximate surface area is 109 Å². The van der Waals surface area contributed by atoms with Gasteiger partial charge in [0.05, 0.1) is 11.0 Å². The molecule has 0 heterocycles. The molecule has 0 unspecified atom stereocenters. The molecular formula is C12H15N3O4. The Morgan fingerprint density at radius 1 is 1.47 bits per heavy atom. The standard InChI is InChI=1S/C12H15N3O4/c13-12(14-16)8-5-6-11(10(7-8)15(17)18)19-9-3-1-2-4-9/h5-7,9,16H,1-4H2,(H2,13,14). The molecular weight excluding hydrogens is 250 g/mol. The maximum atomic E-state index is 11.0. The van der Waals surface area contributed by atoms with Crippen LogP contribution in [-0.2, 0) is 0 Å². The minimum atomic E-state index is -0.529. The number of hydrogen-bond acceptors (Lipinski definition) is 5. The minimum absolute atomic E-state index is 0.0356. The van der Waals surface area contributed by atoms with E-state index in [9.17, 15) is 10.1 Å². The molecule has 0 saturated heterocycles. The highest BCUT2D eigenvalue weighted by Gasteiger charge is 2.22. The molecule has 1 fully saturated rings. The Morgan fingerprint density at radius 3 is 2.74 bits per heavy atom. The first-order valence-corrected chi connectivity index (χ1v) is 6.05. The Bertz CT molecular complexity index is 510. The molecule has 0 spiro atoms. The second kappa shape index (κ2) is 5.55. The summed E-state index contributed by atoms with van der Waals surface area (Å²) in [5, 5.41) is 22.4. The molecule has 0 bridgehead atoms. The Morgan fingerprint density at radius 2 is 2.16 bits per heavy atom. The third-order valence-corrected chi connectivity index (χ3v) is 3.15.